The lowest BCUT2D eigenvalue weighted by molar-refractivity contribution is -0.126. The number of methoxy groups -OCH3 is 1. The second-order valence-electron chi connectivity index (χ2n) is 4.92. The number of hydrogen-bond donors (Lipinski definition) is 2. The summed E-state index contributed by atoms with van der Waals surface area (Å²) in [5.74, 6) is 0.00284. The molecule has 0 aromatic carbocycles. The Balaban J connectivity index is 4.11. The molecule has 0 fully saturated rings. The van der Waals surface area contributed by atoms with Gasteiger partial charge in [-0.15, -0.1) is 0 Å². The SMILES string of the molecule is CCCC(C)NC(=O)C(C)N(C)CC(O)COC. The summed E-state index contributed by atoms with van der Waals surface area (Å²) < 4.78 is 4.86. The van der Waals surface area contributed by atoms with Crippen LogP contribution in [0.1, 0.15) is 33.6 Å². The second-order valence-corrected chi connectivity index (χ2v) is 4.92. The van der Waals surface area contributed by atoms with Gasteiger partial charge >= 0.3 is 0 Å². The van der Waals surface area contributed by atoms with E-state index in [0.29, 0.717) is 6.54 Å². The molecule has 0 spiro atoms. The molecular formula is C13H28N2O3. The molecule has 0 aliphatic rings. The van der Waals surface area contributed by atoms with Crippen LogP contribution in [-0.4, -0.2) is 61.4 Å². The number of ether oxygens (including phenoxy) is 1. The van der Waals surface area contributed by atoms with E-state index in [9.17, 15) is 9.90 Å². The quantitative estimate of drug-likeness (QED) is 0.638. The Bertz CT molecular complexity index is 236. The van der Waals surface area contributed by atoms with E-state index < -0.39 is 6.10 Å². The van der Waals surface area contributed by atoms with Crippen molar-refractivity contribution < 1.29 is 14.6 Å². The highest BCUT2D eigenvalue weighted by molar-refractivity contribution is 5.81. The maximum absolute atomic E-state index is 11.9. The van der Waals surface area contributed by atoms with Crippen LogP contribution in [-0.2, 0) is 9.53 Å². The molecular weight excluding hydrogens is 232 g/mol. The molecule has 0 bridgehead atoms. The molecule has 0 saturated heterocycles. The summed E-state index contributed by atoms with van der Waals surface area (Å²) in [5, 5.41) is 12.6. The maximum atomic E-state index is 11.9. The Labute approximate surface area is 110 Å². The Hall–Kier alpha value is -0.650. The highest BCUT2D eigenvalue weighted by Gasteiger charge is 2.21. The predicted octanol–water partition coefficient (Wildman–Crippen LogP) is 0.619. The van der Waals surface area contributed by atoms with Crippen molar-refractivity contribution in [1.29, 1.82) is 0 Å². The van der Waals surface area contributed by atoms with Crippen molar-refractivity contribution >= 4 is 5.91 Å². The molecule has 5 heteroatoms. The van der Waals surface area contributed by atoms with E-state index in [-0.39, 0.29) is 24.6 Å². The second kappa shape index (κ2) is 9.30. The van der Waals surface area contributed by atoms with Gasteiger partial charge in [0.25, 0.3) is 0 Å². The summed E-state index contributed by atoms with van der Waals surface area (Å²) in [5.41, 5.74) is 0. The van der Waals surface area contributed by atoms with Gasteiger partial charge in [-0.3, -0.25) is 9.69 Å². The standard InChI is InChI=1S/C13H28N2O3/c1-6-7-10(2)14-13(17)11(3)15(4)8-12(16)9-18-5/h10-12,16H,6-9H2,1-5H3,(H,14,17). The number of hydrogen-bond acceptors (Lipinski definition) is 4. The van der Waals surface area contributed by atoms with Crippen molar-refractivity contribution in [2.45, 2.75) is 51.8 Å². The average Bonchev–Trinajstić information content (AvgIpc) is 2.28. The topological polar surface area (TPSA) is 61.8 Å². The number of nitrogens with one attached hydrogen (secondary N) is 1. The molecule has 0 radical (unpaired) electrons. The highest BCUT2D eigenvalue weighted by atomic mass is 16.5. The van der Waals surface area contributed by atoms with E-state index >= 15 is 0 Å². The molecule has 0 aromatic rings. The van der Waals surface area contributed by atoms with Gasteiger partial charge in [0.1, 0.15) is 0 Å². The zero-order valence-corrected chi connectivity index (χ0v) is 12.3. The van der Waals surface area contributed by atoms with Crippen molar-refractivity contribution in [1.82, 2.24) is 10.2 Å². The lowest BCUT2D eigenvalue weighted by Crippen LogP contribution is -2.48. The van der Waals surface area contributed by atoms with Gasteiger partial charge in [0.15, 0.2) is 0 Å². The molecule has 3 atom stereocenters. The third-order valence-corrected chi connectivity index (χ3v) is 3.01. The summed E-state index contributed by atoms with van der Waals surface area (Å²) in [4.78, 5) is 13.8. The maximum Gasteiger partial charge on any atom is 0.237 e. The van der Waals surface area contributed by atoms with Crippen LogP contribution in [0.15, 0.2) is 0 Å². The first-order chi connectivity index (χ1) is 8.42. The fourth-order valence-electron chi connectivity index (χ4n) is 1.80. The van der Waals surface area contributed by atoms with Crippen LogP contribution < -0.4 is 5.32 Å². The summed E-state index contributed by atoms with van der Waals surface area (Å²) >= 11 is 0. The first kappa shape index (κ1) is 17.4. The fourth-order valence-corrected chi connectivity index (χ4v) is 1.80. The fraction of sp³-hybridized carbons (Fsp3) is 0.923. The lowest BCUT2D eigenvalue weighted by atomic mass is 10.1. The number of carbonyl (C=O) groups is 1. The minimum Gasteiger partial charge on any atom is -0.389 e. The summed E-state index contributed by atoms with van der Waals surface area (Å²) in [6.07, 6.45) is 1.47. The van der Waals surface area contributed by atoms with Crippen LogP contribution in [0, 0.1) is 0 Å². The van der Waals surface area contributed by atoms with Gasteiger partial charge in [0.05, 0.1) is 18.8 Å². The number of carbonyl (C=O) groups excluding carboxylic acids is 1. The molecule has 1 amide bonds. The first-order valence-electron chi connectivity index (χ1n) is 6.59. The Morgan fingerprint density at radius 3 is 2.56 bits per heavy atom. The molecule has 0 rings (SSSR count). The van der Waals surface area contributed by atoms with Crippen molar-refractivity contribution in [3.63, 3.8) is 0 Å². The molecule has 0 aromatic heterocycles. The molecule has 0 heterocycles. The number of aliphatic hydroxyl groups is 1. The Kier molecular flexibility index (Phi) is 8.97. The van der Waals surface area contributed by atoms with E-state index in [0.717, 1.165) is 12.8 Å². The van der Waals surface area contributed by atoms with E-state index in [1.54, 1.807) is 7.11 Å². The minimum atomic E-state index is -0.566. The minimum absolute atomic E-state index is 0.00284. The van der Waals surface area contributed by atoms with Crippen LogP contribution in [0.5, 0.6) is 0 Å². The smallest absolute Gasteiger partial charge is 0.237 e. The van der Waals surface area contributed by atoms with E-state index in [2.05, 4.69) is 12.2 Å². The summed E-state index contributed by atoms with van der Waals surface area (Å²) in [6.45, 7) is 6.65. The Morgan fingerprint density at radius 2 is 2.06 bits per heavy atom. The largest absolute Gasteiger partial charge is 0.389 e. The van der Waals surface area contributed by atoms with Gasteiger partial charge in [-0.25, -0.2) is 0 Å². The summed E-state index contributed by atoms with van der Waals surface area (Å²) in [6, 6.07) is -0.0574. The average molecular weight is 260 g/mol. The predicted molar refractivity (Wildman–Crippen MR) is 72.5 cm³/mol. The van der Waals surface area contributed by atoms with Crippen LogP contribution in [0.25, 0.3) is 0 Å². The van der Waals surface area contributed by atoms with Gasteiger partial charge in [-0.1, -0.05) is 13.3 Å². The van der Waals surface area contributed by atoms with Gasteiger partial charge in [-0.05, 0) is 27.3 Å². The Morgan fingerprint density at radius 1 is 1.44 bits per heavy atom. The van der Waals surface area contributed by atoms with Crippen molar-refractivity contribution in [2.75, 3.05) is 27.3 Å². The van der Waals surface area contributed by atoms with Crippen molar-refractivity contribution in [3.8, 4) is 0 Å². The highest BCUT2D eigenvalue weighted by Crippen LogP contribution is 2.01. The van der Waals surface area contributed by atoms with E-state index in [4.69, 9.17) is 4.74 Å². The lowest BCUT2D eigenvalue weighted by Gasteiger charge is -2.27. The van der Waals surface area contributed by atoms with Gasteiger partial charge in [0.2, 0.25) is 5.91 Å². The van der Waals surface area contributed by atoms with Crippen LogP contribution in [0.3, 0.4) is 0 Å². The molecule has 108 valence electrons. The third kappa shape index (κ3) is 6.93. The molecule has 0 aliphatic heterocycles. The number of rotatable bonds is 9. The first-order valence-corrected chi connectivity index (χ1v) is 6.59. The van der Waals surface area contributed by atoms with Gasteiger partial charge < -0.3 is 15.2 Å². The normalized spacial score (nSPS) is 16.4. The van der Waals surface area contributed by atoms with E-state index in [1.165, 1.54) is 0 Å². The molecule has 18 heavy (non-hydrogen) atoms. The van der Waals surface area contributed by atoms with E-state index in [1.807, 2.05) is 25.8 Å². The molecule has 5 nitrogen and oxygen atoms in total. The van der Waals surface area contributed by atoms with Crippen molar-refractivity contribution in [3.05, 3.63) is 0 Å². The number of likely N-dealkylation sites (N-methyl/N-ethyl adjacent to an activating group) is 1. The number of amides is 1. The molecule has 3 unspecified atom stereocenters. The van der Waals surface area contributed by atoms with Crippen molar-refractivity contribution in [2.24, 2.45) is 0 Å². The zero-order chi connectivity index (χ0) is 14.1. The zero-order valence-electron chi connectivity index (χ0n) is 12.3. The van der Waals surface area contributed by atoms with Gasteiger partial charge in [0, 0.05) is 19.7 Å². The van der Waals surface area contributed by atoms with Gasteiger partial charge in [-0.2, -0.15) is 0 Å². The van der Waals surface area contributed by atoms with Crippen LogP contribution in [0.4, 0.5) is 0 Å². The summed E-state index contributed by atoms with van der Waals surface area (Å²) in [7, 11) is 3.37. The third-order valence-electron chi connectivity index (χ3n) is 3.01. The monoisotopic (exact) mass is 260 g/mol. The molecule has 0 aliphatic carbocycles. The van der Waals surface area contributed by atoms with Crippen LogP contribution >= 0.6 is 0 Å². The number of nitrogens with zero attached hydrogens (tertiary/aromatic N) is 1. The molecule has 2 N–H and O–H groups in total. The van der Waals surface area contributed by atoms with Crippen LogP contribution in [0.2, 0.25) is 0 Å². The molecule has 0 saturated carbocycles. The number of aliphatic hydroxyl groups excluding tert-OH is 1.